The average Bonchev–Trinajstić information content (AvgIpc) is 2.73. The maximum atomic E-state index is 12.6. The molecule has 162 valence electrons. The largest absolute Gasteiger partial charge is 0.494 e. The van der Waals surface area contributed by atoms with Crippen molar-refractivity contribution in [3.8, 4) is 5.75 Å². The van der Waals surface area contributed by atoms with E-state index in [-0.39, 0.29) is 16.8 Å². The monoisotopic (exact) mass is 430 g/mol. The van der Waals surface area contributed by atoms with Gasteiger partial charge in [-0.2, -0.15) is 0 Å². The lowest BCUT2D eigenvalue weighted by Gasteiger charge is -2.34. The lowest BCUT2D eigenvalue weighted by atomic mass is 9.78. The second kappa shape index (κ2) is 9.51. The molecule has 1 saturated carbocycles. The van der Waals surface area contributed by atoms with Gasteiger partial charge in [0.1, 0.15) is 5.75 Å². The van der Waals surface area contributed by atoms with Crippen molar-refractivity contribution in [2.24, 2.45) is 11.8 Å². The Labute approximate surface area is 179 Å². The summed E-state index contributed by atoms with van der Waals surface area (Å²) >= 11 is 0. The molecular formula is C23H30N2O4S. The van der Waals surface area contributed by atoms with E-state index in [1.54, 1.807) is 36.4 Å². The van der Waals surface area contributed by atoms with E-state index in [1.165, 1.54) is 18.6 Å². The lowest BCUT2D eigenvalue weighted by molar-refractivity contribution is 0.0891. The summed E-state index contributed by atoms with van der Waals surface area (Å²) in [5.74, 6) is 1.53. The van der Waals surface area contributed by atoms with Crippen LogP contribution in [0.4, 0.5) is 5.69 Å². The fourth-order valence-corrected chi connectivity index (χ4v) is 4.88. The first-order valence-corrected chi connectivity index (χ1v) is 11.9. The molecule has 3 rings (SSSR count). The Bertz CT molecular complexity index is 956. The summed E-state index contributed by atoms with van der Waals surface area (Å²) in [5, 5.41) is 3.11. The minimum absolute atomic E-state index is 0.104. The lowest BCUT2D eigenvalue weighted by Crippen LogP contribution is -2.43. The fourth-order valence-electron chi connectivity index (χ4n) is 3.82. The van der Waals surface area contributed by atoms with Crippen molar-refractivity contribution in [2.75, 3.05) is 11.3 Å². The molecule has 3 unspecified atom stereocenters. The van der Waals surface area contributed by atoms with E-state index in [0.29, 0.717) is 35.4 Å². The first-order valence-electron chi connectivity index (χ1n) is 10.5. The molecule has 6 nitrogen and oxygen atoms in total. The van der Waals surface area contributed by atoms with Crippen molar-refractivity contribution in [1.29, 1.82) is 0 Å². The van der Waals surface area contributed by atoms with Gasteiger partial charge in [0.2, 0.25) is 0 Å². The van der Waals surface area contributed by atoms with Gasteiger partial charge in [-0.1, -0.05) is 26.7 Å². The molecule has 0 bridgehead atoms. The summed E-state index contributed by atoms with van der Waals surface area (Å²) in [5.41, 5.74) is 0.904. The van der Waals surface area contributed by atoms with Crippen LogP contribution in [0.15, 0.2) is 53.4 Å². The number of ether oxygens (including phenoxy) is 1. The topological polar surface area (TPSA) is 84.5 Å². The zero-order valence-corrected chi connectivity index (χ0v) is 18.5. The molecule has 2 N–H and O–H groups in total. The summed E-state index contributed by atoms with van der Waals surface area (Å²) in [4.78, 5) is 12.7. The van der Waals surface area contributed by atoms with Crippen molar-refractivity contribution in [3.63, 3.8) is 0 Å². The van der Waals surface area contributed by atoms with Crippen molar-refractivity contribution < 1.29 is 17.9 Å². The van der Waals surface area contributed by atoms with Crippen LogP contribution in [0.25, 0.3) is 0 Å². The van der Waals surface area contributed by atoms with E-state index in [0.717, 1.165) is 12.8 Å². The average molecular weight is 431 g/mol. The molecule has 0 aliphatic heterocycles. The number of hydrogen-bond donors (Lipinski definition) is 2. The third-order valence-corrected chi connectivity index (χ3v) is 7.26. The number of hydrogen-bond acceptors (Lipinski definition) is 4. The van der Waals surface area contributed by atoms with E-state index in [1.807, 2.05) is 6.92 Å². The molecule has 2 aromatic carbocycles. The van der Waals surface area contributed by atoms with E-state index >= 15 is 0 Å². The van der Waals surface area contributed by atoms with Crippen molar-refractivity contribution in [1.82, 2.24) is 5.32 Å². The van der Waals surface area contributed by atoms with Crippen LogP contribution in [-0.2, 0) is 10.0 Å². The van der Waals surface area contributed by atoms with Gasteiger partial charge in [-0.05, 0) is 73.7 Å². The number of carbonyl (C=O) groups is 1. The SMILES string of the molecule is CCOc1ccc(NS(=O)(=O)c2ccc(C(=O)NC3CCCC(C)C3C)cc2)cc1. The summed E-state index contributed by atoms with van der Waals surface area (Å²) in [7, 11) is -3.75. The van der Waals surface area contributed by atoms with Crippen LogP contribution in [0.3, 0.4) is 0 Å². The van der Waals surface area contributed by atoms with Crippen LogP contribution in [0, 0.1) is 11.8 Å². The molecule has 0 aromatic heterocycles. The van der Waals surface area contributed by atoms with Crippen molar-refractivity contribution in [2.45, 2.75) is 51.0 Å². The zero-order valence-electron chi connectivity index (χ0n) is 17.7. The summed E-state index contributed by atoms with van der Waals surface area (Å²) in [6, 6.07) is 12.9. The highest BCUT2D eigenvalue weighted by Crippen LogP contribution is 2.29. The zero-order chi connectivity index (χ0) is 21.7. The number of carbonyl (C=O) groups excluding carboxylic acids is 1. The first kappa shape index (κ1) is 22.2. The van der Waals surface area contributed by atoms with Gasteiger partial charge in [0.05, 0.1) is 11.5 Å². The van der Waals surface area contributed by atoms with Gasteiger partial charge < -0.3 is 10.1 Å². The molecule has 30 heavy (non-hydrogen) atoms. The predicted octanol–water partition coefficient (Wildman–Crippen LogP) is 4.44. The Morgan fingerprint density at radius 3 is 2.33 bits per heavy atom. The minimum Gasteiger partial charge on any atom is -0.494 e. The summed E-state index contributed by atoms with van der Waals surface area (Å²) in [6.45, 7) is 6.83. The van der Waals surface area contributed by atoms with Crippen LogP contribution in [0.2, 0.25) is 0 Å². The van der Waals surface area contributed by atoms with Crippen LogP contribution in [-0.4, -0.2) is 27.0 Å². The Kier molecular flexibility index (Phi) is 7.02. The van der Waals surface area contributed by atoms with Gasteiger partial charge in [0.15, 0.2) is 0 Å². The highest BCUT2D eigenvalue weighted by atomic mass is 32.2. The molecule has 0 spiro atoms. The Hall–Kier alpha value is -2.54. The molecule has 1 aliphatic rings. The second-order valence-corrected chi connectivity index (χ2v) is 9.62. The van der Waals surface area contributed by atoms with E-state index in [2.05, 4.69) is 23.9 Å². The fraction of sp³-hybridized carbons (Fsp3) is 0.435. The molecule has 1 fully saturated rings. The van der Waals surface area contributed by atoms with Crippen LogP contribution >= 0.6 is 0 Å². The van der Waals surface area contributed by atoms with Crippen LogP contribution in [0.1, 0.15) is 50.4 Å². The van der Waals surface area contributed by atoms with Gasteiger partial charge in [0.25, 0.3) is 15.9 Å². The standard InChI is InChI=1S/C23H30N2O4S/c1-4-29-20-12-10-19(11-13-20)25-30(27,28)21-14-8-18(9-15-21)23(26)24-22-7-5-6-16(2)17(22)3/h8-17,22,25H,4-7H2,1-3H3,(H,24,26). The molecule has 0 heterocycles. The second-order valence-electron chi connectivity index (χ2n) is 7.93. The van der Waals surface area contributed by atoms with Crippen LogP contribution < -0.4 is 14.8 Å². The molecule has 7 heteroatoms. The Morgan fingerprint density at radius 1 is 1.03 bits per heavy atom. The van der Waals surface area contributed by atoms with Gasteiger partial charge in [-0.15, -0.1) is 0 Å². The number of nitrogens with one attached hydrogen (secondary N) is 2. The van der Waals surface area contributed by atoms with Gasteiger partial charge in [-0.25, -0.2) is 8.42 Å². The maximum Gasteiger partial charge on any atom is 0.261 e. The van der Waals surface area contributed by atoms with E-state index < -0.39 is 10.0 Å². The van der Waals surface area contributed by atoms with Crippen LogP contribution in [0.5, 0.6) is 5.75 Å². The normalized spacial score (nSPS) is 21.6. The van der Waals surface area contributed by atoms with Crippen molar-refractivity contribution in [3.05, 3.63) is 54.1 Å². The molecule has 0 saturated heterocycles. The number of benzene rings is 2. The quantitative estimate of drug-likeness (QED) is 0.680. The summed E-state index contributed by atoms with van der Waals surface area (Å²) in [6.07, 6.45) is 3.29. The third-order valence-electron chi connectivity index (χ3n) is 5.87. The smallest absolute Gasteiger partial charge is 0.261 e. The Balaban J connectivity index is 1.65. The number of amides is 1. The molecule has 0 radical (unpaired) electrons. The molecule has 1 amide bonds. The highest BCUT2D eigenvalue weighted by Gasteiger charge is 2.28. The van der Waals surface area contributed by atoms with Gasteiger partial charge in [0, 0.05) is 17.3 Å². The van der Waals surface area contributed by atoms with Gasteiger partial charge in [-0.3, -0.25) is 9.52 Å². The first-order chi connectivity index (χ1) is 14.3. The molecule has 1 aliphatic carbocycles. The highest BCUT2D eigenvalue weighted by molar-refractivity contribution is 7.92. The number of sulfonamides is 1. The number of anilines is 1. The Morgan fingerprint density at radius 2 is 1.70 bits per heavy atom. The van der Waals surface area contributed by atoms with E-state index in [9.17, 15) is 13.2 Å². The minimum atomic E-state index is -3.75. The van der Waals surface area contributed by atoms with Crippen molar-refractivity contribution >= 4 is 21.6 Å². The molecular weight excluding hydrogens is 400 g/mol. The molecule has 3 atom stereocenters. The van der Waals surface area contributed by atoms with E-state index in [4.69, 9.17) is 4.74 Å². The molecule has 2 aromatic rings. The maximum absolute atomic E-state index is 12.6. The third kappa shape index (κ3) is 5.33. The predicted molar refractivity (Wildman–Crippen MR) is 118 cm³/mol. The number of rotatable bonds is 7. The van der Waals surface area contributed by atoms with Gasteiger partial charge >= 0.3 is 0 Å². The summed E-state index contributed by atoms with van der Waals surface area (Å²) < 4.78 is 33.2.